The molecule has 2 aliphatic heterocycles. The smallest absolute Gasteiger partial charge is 0.310 e. The minimum atomic E-state index is -0.748. The molecule has 0 N–H and O–H groups in total. The Hall–Kier alpha value is -1.07. The van der Waals surface area contributed by atoms with Crippen molar-refractivity contribution >= 4 is 16.0 Å². The molecule has 0 spiro atoms. The summed E-state index contributed by atoms with van der Waals surface area (Å²) in [6.07, 6.45) is 10.5. The average molecular weight is 382 g/mol. The lowest BCUT2D eigenvalue weighted by Crippen LogP contribution is -2.51. The molecule has 2 heterocycles. The van der Waals surface area contributed by atoms with E-state index in [0.29, 0.717) is 12.5 Å². The van der Waals surface area contributed by atoms with Crippen molar-refractivity contribution < 1.29 is 13.9 Å². The van der Waals surface area contributed by atoms with Gasteiger partial charge in [0.2, 0.25) is 0 Å². The second-order valence-electron chi connectivity index (χ2n) is 8.38. The van der Waals surface area contributed by atoms with Crippen LogP contribution in [0, 0.1) is 5.92 Å². The predicted octanol–water partition coefficient (Wildman–Crippen LogP) is 4.21. The summed E-state index contributed by atoms with van der Waals surface area (Å²) >= 11 is 0. The standard InChI is InChI=1S/C21H32FNO2S/c1-25-21(24)20-18(15-6-9-17(10-7-15)26(2,3)4)14-16-8-11-19(20)23(16)13-5-12-22/h6-7,9-10,16,18-20H,5,8,11-14H2,1-4H3/t16-,18?,19+,20?/m0/s1. The molecule has 2 aliphatic rings. The Bertz CT molecular complexity index is 628. The molecule has 0 radical (unpaired) electrons. The molecule has 5 heteroatoms. The van der Waals surface area contributed by atoms with E-state index in [9.17, 15) is 9.18 Å². The summed E-state index contributed by atoms with van der Waals surface area (Å²) < 4.78 is 17.9. The van der Waals surface area contributed by atoms with E-state index in [1.807, 2.05) is 0 Å². The number of carbonyl (C=O) groups is 1. The molecule has 3 nitrogen and oxygen atoms in total. The number of halogens is 1. The fraction of sp³-hybridized carbons (Fsp3) is 0.667. The molecule has 4 atom stereocenters. The predicted molar refractivity (Wildman–Crippen MR) is 107 cm³/mol. The largest absolute Gasteiger partial charge is 0.469 e. The van der Waals surface area contributed by atoms with E-state index in [2.05, 4.69) is 47.9 Å². The van der Waals surface area contributed by atoms with Crippen molar-refractivity contribution in [1.82, 2.24) is 4.90 Å². The Balaban J connectivity index is 1.88. The molecule has 0 saturated carbocycles. The molecular formula is C21H32FNO2S. The Morgan fingerprint density at radius 3 is 2.50 bits per heavy atom. The van der Waals surface area contributed by atoms with Gasteiger partial charge in [0.25, 0.3) is 0 Å². The molecule has 3 rings (SSSR count). The SMILES string of the molecule is COC(=O)C1C(c2ccc(S(C)(C)C)cc2)C[C@@H]2CC[C@H]1N2CCCF. The Labute approximate surface area is 158 Å². The number of fused-ring (bicyclic) bond motifs is 2. The number of nitrogens with zero attached hydrogens (tertiary/aromatic N) is 1. The molecule has 2 bridgehead atoms. The molecule has 0 amide bonds. The van der Waals surface area contributed by atoms with Crippen molar-refractivity contribution in [2.75, 3.05) is 39.1 Å². The highest BCUT2D eigenvalue weighted by Crippen LogP contribution is 2.49. The lowest BCUT2D eigenvalue weighted by atomic mass is 9.76. The quantitative estimate of drug-likeness (QED) is 0.692. The first-order valence-corrected chi connectivity index (χ1v) is 12.4. The Morgan fingerprint density at radius 2 is 1.92 bits per heavy atom. The number of carbonyl (C=O) groups excluding carboxylic acids is 1. The summed E-state index contributed by atoms with van der Waals surface area (Å²) in [7, 11) is 0.736. The van der Waals surface area contributed by atoms with Crippen LogP contribution in [0.2, 0.25) is 0 Å². The number of esters is 1. The zero-order valence-corrected chi connectivity index (χ0v) is 17.2. The van der Waals surface area contributed by atoms with E-state index >= 15 is 0 Å². The van der Waals surface area contributed by atoms with Crippen LogP contribution in [0.25, 0.3) is 0 Å². The van der Waals surface area contributed by atoms with Crippen LogP contribution in [-0.4, -0.2) is 62.0 Å². The first-order valence-electron chi connectivity index (χ1n) is 9.54. The van der Waals surface area contributed by atoms with Gasteiger partial charge in [-0.15, -0.1) is 0 Å². The molecule has 0 aromatic heterocycles. The fourth-order valence-corrected chi connectivity index (χ4v) is 5.78. The second kappa shape index (κ2) is 7.89. The molecule has 2 fully saturated rings. The van der Waals surface area contributed by atoms with Crippen LogP contribution in [0.5, 0.6) is 0 Å². The van der Waals surface area contributed by atoms with Gasteiger partial charge in [-0.2, -0.15) is 0 Å². The molecule has 2 saturated heterocycles. The van der Waals surface area contributed by atoms with Crippen LogP contribution in [0.3, 0.4) is 0 Å². The average Bonchev–Trinajstić information content (AvgIpc) is 2.89. The topological polar surface area (TPSA) is 29.5 Å². The van der Waals surface area contributed by atoms with Crippen molar-refractivity contribution in [3.8, 4) is 0 Å². The van der Waals surface area contributed by atoms with Gasteiger partial charge in [-0.05, 0) is 67.0 Å². The van der Waals surface area contributed by atoms with Crippen molar-refractivity contribution in [3.63, 3.8) is 0 Å². The number of benzene rings is 1. The number of methoxy groups -OCH3 is 1. The first-order chi connectivity index (χ1) is 12.4. The Kier molecular flexibility index (Phi) is 5.97. The first kappa shape index (κ1) is 19.7. The minimum Gasteiger partial charge on any atom is -0.469 e. The third kappa shape index (κ3) is 3.79. The minimum absolute atomic E-state index is 0.115. The monoisotopic (exact) mass is 381 g/mol. The van der Waals surface area contributed by atoms with Gasteiger partial charge in [-0.1, -0.05) is 12.1 Å². The summed E-state index contributed by atoms with van der Waals surface area (Å²) in [4.78, 5) is 16.4. The van der Waals surface area contributed by atoms with Gasteiger partial charge >= 0.3 is 5.97 Å². The van der Waals surface area contributed by atoms with Crippen LogP contribution >= 0.6 is 10.0 Å². The number of rotatable bonds is 6. The van der Waals surface area contributed by atoms with Gasteiger partial charge in [0, 0.05) is 24.5 Å². The van der Waals surface area contributed by atoms with Gasteiger partial charge in [0.15, 0.2) is 0 Å². The molecule has 1 aromatic carbocycles. The van der Waals surface area contributed by atoms with E-state index < -0.39 is 10.0 Å². The van der Waals surface area contributed by atoms with Crippen molar-refractivity contribution in [2.45, 2.75) is 48.6 Å². The molecular weight excluding hydrogens is 349 g/mol. The van der Waals surface area contributed by atoms with E-state index in [0.717, 1.165) is 25.8 Å². The van der Waals surface area contributed by atoms with Crippen LogP contribution in [-0.2, 0) is 9.53 Å². The number of alkyl halides is 1. The van der Waals surface area contributed by atoms with Gasteiger partial charge < -0.3 is 4.74 Å². The normalized spacial score (nSPS) is 29.6. The number of piperidine rings is 1. The second-order valence-corrected chi connectivity index (χ2v) is 12.5. The maximum atomic E-state index is 12.7. The lowest BCUT2D eigenvalue weighted by Gasteiger charge is -2.43. The zero-order chi connectivity index (χ0) is 18.9. The molecule has 146 valence electrons. The number of hydrogen-bond acceptors (Lipinski definition) is 3. The molecule has 0 aliphatic carbocycles. The lowest BCUT2D eigenvalue weighted by molar-refractivity contribution is -0.150. The van der Waals surface area contributed by atoms with Gasteiger partial charge in [0.05, 0.1) is 19.7 Å². The summed E-state index contributed by atoms with van der Waals surface area (Å²) in [5.41, 5.74) is 1.25. The molecule has 26 heavy (non-hydrogen) atoms. The summed E-state index contributed by atoms with van der Waals surface area (Å²) in [6, 6.07) is 9.54. The highest BCUT2D eigenvalue weighted by atomic mass is 32.3. The van der Waals surface area contributed by atoms with Gasteiger partial charge in [-0.25, -0.2) is 10.0 Å². The highest BCUT2D eigenvalue weighted by Gasteiger charge is 2.50. The summed E-state index contributed by atoms with van der Waals surface area (Å²) in [6.45, 7) is 0.456. The zero-order valence-electron chi connectivity index (χ0n) is 16.4. The number of ether oxygens (including phenoxy) is 1. The van der Waals surface area contributed by atoms with Gasteiger partial charge in [0.1, 0.15) is 0 Å². The third-order valence-corrected chi connectivity index (χ3v) is 7.79. The van der Waals surface area contributed by atoms with Crippen LogP contribution in [0.1, 0.15) is 37.2 Å². The van der Waals surface area contributed by atoms with Crippen molar-refractivity contribution in [3.05, 3.63) is 29.8 Å². The summed E-state index contributed by atoms with van der Waals surface area (Å²) in [5.74, 6) is -0.0621. The highest BCUT2D eigenvalue weighted by molar-refractivity contribution is 8.32. The van der Waals surface area contributed by atoms with E-state index in [-0.39, 0.29) is 30.5 Å². The van der Waals surface area contributed by atoms with E-state index in [1.54, 1.807) is 0 Å². The van der Waals surface area contributed by atoms with Crippen LogP contribution in [0.4, 0.5) is 4.39 Å². The molecule has 1 aromatic rings. The Morgan fingerprint density at radius 1 is 1.23 bits per heavy atom. The third-order valence-electron chi connectivity index (χ3n) is 6.10. The fourth-order valence-electron chi connectivity index (χ4n) is 4.83. The van der Waals surface area contributed by atoms with E-state index in [4.69, 9.17) is 4.74 Å². The molecule has 2 unspecified atom stereocenters. The van der Waals surface area contributed by atoms with Crippen LogP contribution in [0.15, 0.2) is 29.2 Å². The maximum absolute atomic E-state index is 12.7. The van der Waals surface area contributed by atoms with E-state index in [1.165, 1.54) is 17.6 Å². The number of hydrogen-bond donors (Lipinski definition) is 0. The van der Waals surface area contributed by atoms with Crippen molar-refractivity contribution in [2.24, 2.45) is 5.92 Å². The van der Waals surface area contributed by atoms with Crippen molar-refractivity contribution in [1.29, 1.82) is 0 Å². The van der Waals surface area contributed by atoms with Gasteiger partial charge in [-0.3, -0.25) is 14.1 Å². The van der Waals surface area contributed by atoms with Crippen LogP contribution < -0.4 is 0 Å². The maximum Gasteiger partial charge on any atom is 0.310 e. The summed E-state index contributed by atoms with van der Waals surface area (Å²) in [5, 5.41) is 0.